The second kappa shape index (κ2) is 9.40. The fraction of sp³-hybridized carbons (Fsp3) is 0.182. The van der Waals surface area contributed by atoms with Crippen LogP contribution in [0.5, 0.6) is 0 Å². The number of fused-ring (bicyclic) bond motifs is 1. The molecule has 0 saturated heterocycles. The number of hydrogen-bond donors (Lipinski definition) is 2. The Balaban J connectivity index is 1.78. The number of nitro benzene ring substituents is 1. The molecule has 1 aromatic carbocycles. The van der Waals surface area contributed by atoms with Gasteiger partial charge in [0.15, 0.2) is 0 Å². The predicted molar refractivity (Wildman–Crippen MR) is 123 cm³/mol. The van der Waals surface area contributed by atoms with Crippen molar-refractivity contribution in [2.24, 2.45) is 0 Å². The van der Waals surface area contributed by atoms with E-state index in [-0.39, 0.29) is 29.0 Å². The number of esters is 1. The van der Waals surface area contributed by atoms with Gasteiger partial charge in [0.05, 0.1) is 22.6 Å². The number of aromatic amines is 1. The third kappa shape index (κ3) is 4.55. The Bertz CT molecular complexity index is 1490. The molecule has 0 radical (unpaired) electrons. The van der Waals surface area contributed by atoms with Crippen molar-refractivity contribution in [3.63, 3.8) is 0 Å². The van der Waals surface area contributed by atoms with Crippen LogP contribution < -0.4 is 16.4 Å². The van der Waals surface area contributed by atoms with E-state index < -0.39 is 28.6 Å². The van der Waals surface area contributed by atoms with Gasteiger partial charge in [0.1, 0.15) is 12.2 Å². The van der Waals surface area contributed by atoms with Crippen LogP contribution in [0.1, 0.15) is 12.5 Å². The molecule has 4 aromatic rings. The third-order valence-corrected chi connectivity index (χ3v) is 5.07. The van der Waals surface area contributed by atoms with Gasteiger partial charge in [-0.2, -0.15) is 0 Å². The predicted octanol–water partition coefficient (Wildman–Crippen LogP) is 1.96. The molecule has 174 valence electrons. The second-order valence-electron chi connectivity index (χ2n) is 7.28. The average molecular weight is 464 g/mol. The lowest BCUT2D eigenvalue weighted by Gasteiger charge is -2.12. The number of anilines is 1. The molecule has 0 aliphatic carbocycles. The highest BCUT2D eigenvalue weighted by Gasteiger charge is 2.21. The maximum atomic E-state index is 12.5. The highest BCUT2D eigenvalue weighted by Crippen LogP contribution is 2.28. The number of nitrogens with one attached hydrogen (secondary N) is 2. The summed E-state index contributed by atoms with van der Waals surface area (Å²) in [6, 6.07) is 7.98. The molecule has 0 atom stereocenters. The first-order valence-corrected chi connectivity index (χ1v) is 10.3. The van der Waals surface area contributed by atoms with Crippen molar-refractivity contribution in [2.45, 2.75) is 20.0 Å². The van der Waals surface area contributed by atoms with Crippen molar-refractivity contribution in [3.8, 4) is 5.69 Å². The molecule has 3 heterocycles. The van der Waals surface area contributed by atoms with Gasteiger partial charge in [-0.25, -0.2) is 0 Å². The van der Waals surface area contributed by atoms with E-state index in [1.54, 1.807) is 42.3 Å². The van der Waals surface area contributed by atoms with Crippen LogP contribution in [0.3, 0.4) is 0 Å². The number of pyridine rings is 1. The average Bonchev–Trinajstić information content (AvgIpc) is 3.30. The summed E-state index contributed by atoms with van der Waals surface area (Å²) in [5.74, 6) is -0.707. The van der Waals surface area contributed by atoms with Crippen molar-refractivity contribution >= 4 is 28.4 Å². The van der Waals surface area contributed by atoms with Crippen molar-refractivity contribution < 1.29 is 14.5 Å². The summed E-state index contributed by atoms with van der Waals surface area (Å²) < 4.78 is 7.40. The molecule has 34 heavy (non-hydrogen) atoms. The summed E-state index contributed by atoms with van der Waals surface area (Å²) in [5.41, 5.74) is -0.160. The number of nitrogens with zero attached hydrogens (tertiary/aromatic N) is 4. The van der Waals surface area contributed by atoms with Crippen molar-refractivity contribution in [2.75, 3.05) is 11.9 Å². The van der Waals surface area contributed by atoms with Gasteiger partial charge >= 0.3 is 17.1 Å². The van der Waals surface area contributed by atoms with E-state index in [1.165, 1.54) is 12.1 Å². The Morgan fingerprint density at radius 2 is 2.00 bits per heavy atom. The number of aromatic nitrogens is 4. The lowest BCUT2D eigenvalue weighted by Crippen LogP contribution is -2.38. The van der Waals surface area contributed by atoms with Gasteiger partial charge in [-0.3, -0.25) is 34.0 Å². The molecule has 0 aliphatic heterocycles. The van der Waals surface area contributed by atoms with Gasteiger partial charge in [0.2, 0.25) is 0 Å². The van der Waals surface area contributed by atoms with Crippen LogP contribution >= 0.6 is 0 Å². The number of carbonyl (C=O) groups is 1. The number of nitro groups is 1. The number of rotatable bonds is 8. The minimum Gasteiger partial charge on any atom is -0.465 e. The standard InChI is InChI=1S/C22H20N6O6/c1-2-34-20(29)13-27-17-10-18(19(28(32)33)9-16(17)25-21(30)22(27)31)26-8-5-14(12-26)11-24-15-3-6-23-7-4-15/h3-10,12H,2,11,13H2,1H3,(H,23,24)(H,25,30). The zero-order valence-electron chi connectivity index (χ0n) is 18.1. The van der Waals surface area contributed by atoms with E-state index >= 15 is 0 Å². The van der Waals surface area contributed by atoms with Crippen LogP contribution in [-0.4, -0.2) is 36.6 Å². The van der Waals surface area contributed by atoms with Gasteiger partial charge in [0.25, 0.3) is 5.69 Å². The van der Waals surface area contributed by atoms with E-state index in [1.807, 2.05) is 12.1 Å². The lowest BCUT2D eigenvalue weighted by molar-refractivity contribution is -0.384. The van der Waals surface area contributed by atoms with Crippen LogP contribution in [0.25, 0.3) is 16.7 Å². The van der Waals surface area contributed by atoms with E-state index in [4.69, 9.17) is 4.74 Å². The Morgan fingerprint density at radius 3 is 2.71 bits per heavy atom. The van der Waals surface area contributed by atoms with Gasteiger partial charge < -0.3 is 19.6 Å². The van der Waals surface area contributed by atoms with E-state index in [0.29, 0.717) is 6.54 Å². The molecular formula is C22H20N6O6. The fourth-order valence-electron chi connectivity index (χ4n) is 3.51. The third-order valence-electron chi connectivity index (χ3n) is 5.07. The molecule has 0 bridgehead atoms. The fourth-order valence-corrected chi connectivity index (χ4v) is 3.51. The smallest absolute Gasteiger partial charge is 0.326 e. The molecule has 3 aromatic heterocycles. The summed E-state index contributed by atoms with van der Waals surface area (Å²) in [6.07, 6.45) is 6.68. The van der Waals surface area contributed by atoms with Crippen molar-refractivity contribution in [1.29, 1.82) is 0 Å². The zero-order valence-corrected chi connectivity index (χ0v) is 18.1. The topological polar surface area (TPSA) is 154 Å². The maximum absolute atomic E-state index is 12.5. The second-order valence-corrected chi connectivity index (χ2v) is 7.28. The molecule has 0 fully saturated rings. The number of hydrogen-bond acceptors (Lipinski definition) is 8. The number of ether oxygens (including phenoxy) is 1. The quantitative estimate of drug-likeness (QED) is 0.174. The molecule has 0 spiro atoms. The first-order valence-electron chi connectivity index (χ1n) is 10.3. The van der Waals surface area contributed by atoms with Crippen LogP contribution in [0.4, 0.5) is 11.4 Å². The molecular weight excluding hydrogens is 444 g/mol. The summed E-state index contributed by atoms with van der Waals surface area (Å²) in [4.78, 5) is 54.1. The largest absolute Gasteiger partial charge is 0.465 e. The highest BCUT2D eigenvalue weighted by molar-refractivity contribution is 5.83. The van der Waals surface area contributed by atoms with Crippen molar-refractivity contribution in [1.82, 2.24) is 19.1 Å². The van der Waals surface area contributed by atoms with Crippen molar-refractivity contribution in [3.05, 3.63) is 91.5 Å². The first-order chi connectivity index (χ1) is 16.4. The molecule has 4 rings (SSSR count). The first kappa shape index (κ1) is 22.5. The Labute approximate surface area is 191 Å². The summed E-state index contributed by atoms with van der Waals surface area (Å²) in [7, 11) is 0. The summed E-state index contributed by atoms with van der Waals surface area (Å²) in [5, 5.41) is 15.0. The highest BCUT2D eigenvalue weighted by atomic mass is 16.6. The Kier molecular flexibility index (Phi) is 6.21. The molecule has 12 nitrogen and oxygen atoms in total. The number of benzene rings is 1. The Morgan fingerprint density at radius 1 is 1.24 bits per heavy atom. The maximum Gasteiger partial charge on any atom is 0.326 e. The normalized spacial score (nSPS) is 10.9. The summed E-state index contributed by atoms with van der Waals surface area (Å²) >= 11 is 0. The van der Waals surface area contributed by atoms with Gasteiger partial charge in [-0.15, -0.1) is 0 Å². The van der Waals surface area contributed by atoms with Gasteiger partial charge in [-0.1, -0.05) is 0 Å². The molecule has 0 unspecified atom stereocenters. The van der Waals surface area contributed by atoms with Crippen LogP contribution in [0, 0.1) is 10.1 Å². The van der Waals surface area contributed by atoms with E-state index in [0.717, 1.165) is 15.8 Å². The number of carbonyl (C=O) groups excluding carboxylic acids is 1. The number of H-pyrrole nitrogens is 1. The van der Waals surface area contributed by atoms with Crippen LogP contribution in [0.15, 0.2) is 64.7 Å². The minimum absolute atomic E-state index is 0.0519. The molecule has 0 aliphatic rings. The van der Waals surface area contributed by atoms with Gasteiger partial charge in [-0.05, 0) is 36.8 Å². The monoisotopic (exact) mass is 464 g/mol. The van der Waals surface area contributed by atoms with E-state index in [9.17, 15) is 24.5 Å². The molecule has 0 saturated carbocycles. The van der Waals surface area contributed by atoms with Gasteiger partial charge in [0, 0.05) is 43.1 Å². The lowest BCUT2D eigenvalue weighted by atomic mass is 10.2. The summed E-state index contributed by atoms with van der Waals surface area (Å²) in [6.45, 7) is 1.67. The minimum atomic E-state index is -0.996. The van der Waals surface area contributed by atoms with Crippen LogP contribution in [-0.2, 0) is 22.6 Å². The zero-order chi connectivity index (χ0) is 24.2. The van der Waals surface area contributed by atoms with E-state index in [2.05, 4.69) is 15.3 Å². The molecule has 0 amide bonds. The SMILES string of the molecule is CCOC(=O)Cn1c(=O)c(=O)[nH]c2cc([N+](=O)[O-])c(-n3ccc(CNc4ccncc4)c3)cc21. The molecule has 2 N–H and O–H groups in total. The van der Waals surface area contributed by atoms with Crippen LogP contribution in [0.2, 0.25) is 0 Å². The molecule has 12 heteroatoms. The Hall–Kier alpha value is -4.74.